The maximum Gasteiger partial charge on any atom is 0.304 e. The van der Waals surface area contributed by atoms with Crippen LogP contribution in [0.2, 0.25) is 10.0 Å². The first-order valence-corrected chi connectivity index (χ1v) is 15.5. The summed E-state index contributed by atoms with van der Waals surface area (Å²) in [5, 5.41) is 18.9. The Morgan fingerprint density at radius 3 is 2.45 bits per heavy atom. The first kappa shape index (κ1) is 30.1. The molecule has 2 fully saturated rings. The number of carbonyl (C=O) groups is 4. The minimum atomic E-state index is -1.11. The number of halogens is 2. The van der Waals surface area contributed by atoms with Gasteiger partial charge in [-0.3, -0.25) is 19.2 Å². The first-order valence-electron chi connectivity index (χ1n) is 13.9. The molecule has 0 radical (unpaired) electrons. The second-order valence-corrected chi connectivity index (χ2v) is 12.5. The summed E-state index contributed by atoms with van der Waals surface area (Å²) >= 11 is 14.3. The predicted molar refractivity (Wildman–Crippen MR) is 165 cm³/mol. The average Bonchev–Trinajstić information content (AvgIpc) is 3.67. The molecule has 42 heavy (non-hydrogen) atoms. The van der Waals surface area contributed by atoms with Crippen molar-refractivity contribution in [2.75, 3.05) is 19.6 Å². The molecule has 1 atom stereocenters. The molecule has 1 saturated heterocycles. The van der Waals surface area contributed by atoms with Crippen LogP contribution in [0.1, 0.15) is 43.2 Å². The van der Waals surface area contributed by atoms with E-state index >= 15 is 0 Å². The van der Waals surface area contributed by atoms with Crippen molar-refractivity contribution in [1.29, 1.82) is 0 Å². The molecule has 5 rings (SSSR count). The van der Waals surface area contributed by atoms with Gasteiger partial charge in [-0.1, -0.05) is 53.5 Å². The Morgan fingerprint density at radius 2 is 1.79 bits per heavy atom. The summed E-state index contributed by atoms with van der Waals surface area (Å²) in [5.74, 6) is -2.79. The molecule has 2 aromatic carbocycles. The third-order valence-corrected chi connectivity index (χ3v) is 9.96. The van der Waals surface area contributed by atoms with Crippen molar-refractivity contribution in [3.63, 3.8) is 0 Å². The van der Waals surface area contributed by atoms with Gasteiger partial charge in [-0.05, 0) is 65.8 Å². The number of hydrogen-bond donors (Lipinski definition) is 3. The smallest absolute Gasteiger partial charge is 0.304 e. The minimum absolute atomic E-state index is 0.0581. The Labute approximate surface area is 257 Å². The van der Waals surface area contributed by atoms with Crippen LogP contribution in [0, 0.1) is 5.92 Å². The maximum atomic E-state index is 13.1. The molecule has 2 aliphatic rings. The molecule has 220 valence electrons. The van der Waals surface area contributed by atoms with Gasteiger partial charge in [0.25, 0.3) is 0 Å². The zero-order valence-corrected chi connectivity index (χ0v) is 25.1. The number of carboxylic acid groups (broad SMARTS) is 1. The summed E-state index contributed by atoms with van der Waals surface area (Å²) in [6.45, 7) is 0.815. The fourth-order valence-corrected chi connectivity index (χ4v) is 6.84. The van der Waals surface area contributed by atoms with E-state index in [-0.39, 0.29) is 24.4 Å². The lowest BCUT2D eigenvalue weighted by Gasteiger charge is -2.32. The monoisotopic (exact) mass is 627 g/mol. The quantitative estimate of drug-likeness (QED) is 0.265. The third-order valence-electron chi connectivity index (χ3n) is 8.02. The molecular formula is C31H31Cl2N3O5S. The topological polar surface area (TPSA) is 116 Å². The van der Waals surface area contributed by atoms with Crippen LogP contribution in [0.3, 0.4) is 0 Å². The van der Waals surface area contributed by atoms with Crippen molar-refractivity contribution < 1.29 is 24.3 Å². The van der Waals surface area contributed by atoms with Gasteiger partial charge in [0, 0.05) is 31.8 Å². The summed E-state index contributed by atoms with van der Waals surface area (Å²) in [4.78, 5) is 52.1. The van der Waals surface area contributed by atoms with E-state index in [1.807, 2.05) is 47.8 Å². The third kappa shape index (κ3) is 6.64. The maximum absolute atomic E-state index is 13.1. The summed E-state index contributed by atoms with van der Waals surface area (Å²) in [7, 11) is 0. The zero-order valence-electron chi connectivity index (χ0n) is 22.8. The summed E-state index contributed by atoms with van der Waals surface area (Å²) < 4.78 is 0.904. The minimum Gasteiger partial charge on any atom is -0.481 e. The SMILES string of the molecule is O=C(O)CC(CNC(=O)C1(c2ccccc2)CC1)C(=O)NC1CCN(C(=O)/C=C/c2cc3ccsc3c(Cl)c2Cl)CC1. The van der Waals surface area contributed by atoms with Crippen LogP contribution in [0.25, 0.3) is 16.2 Å². The van der Waals surface area contributed by atoms with Gasteiger partial charge in [-0.2, -0.15) is 0 Å². The lowest BCUT2D eigenvalue weighted by molar-refractivity contribution is -0.141. The Balaban J connectivity index is 1.13. The van der Waals surface area contributed by atoms with E-state index in [0.29, 0.717) is 41.5 Å². The van der Waals surface area contributed by atoms with E-state index < -0.39 is 29.6 Å². The predicted octanol–water partition coefficient (Wildman–Crippen LogP) is 5.27. The largest absolute Gasteiger partial charge is 0.481 e. The molecule has 1 aromatic heterocycles. The van der Waals surface area contributed by atoms with Crippen LogP contribution in [-0.4, -0.2) is 59.4 Å². The number of aliphatic carboxylic acids is 1. The highest BCUT2D eigenvalue weighted by molar-refractivity contribution is 7.18. The van der Waals surface area contributed by atoms with E-state index in [1.54, 1.807) is 11.0 Å². The van der Waals surface area contributed by atoms with Crippen molar-refractivity contribution in [3.8, 4) is 0 Å². The number of piperidine rings is 1. The molecule has 1 saturated carbocycles. The molecule has 2 heterocycles. The second-order valence-electron chi connectivity index (χ2n) is 10.8. The Hall–Kier alpha value is -3.40. The van der Waals surface area contributed by atoms with Crippen LogP contribution >= 0.6 is 34.5 Å². The number of carboxylic acids is 1. The highest BCUT2D eigenvalue weighted by atomic mass is 35.5. The molecule has 11 heteroatoms. The van der Waals surface area contributed by atoms with E-state index in [9.17, 15) is 24.3 Å². The summed E-state index contributed by atoms with van der Waals surface area (Å²) in [6.07, 6.45) is 5.24. The number of fused-ring (bicyclic) bond motifs is 1. The number of nitrogens with zero attached hydrogens (tertiary/aromatic N) is 1. The number of nitrogens with one attached hydrogen (secondary N) is 2. The van der Waals surface area contributed by atoms with Crippen LogP contribution < -0.4 is 10.6 Å². The van der Waals surface area contributed by atoms with Gasteiger partial charge in [-0.25, -0.2) is 0 Å². The number of likely N-dealkylation sites (tertiary alicyclic amines) is 1. The Bertz CT molecular complexity index is 1530. The standard InChI is InChI=1S/C31H31Cl2N3O5S/c32-26-19(16-20-10-15-42-28(20)27(26)33)6-7-24(37)36-13-8-23(9-14-36)35-29(40)21(17-25(38)39)18-34-30(41)31(11-12-31)22-4-2-1-3-5-22/h1-7,10,15-16,21,23H,8-9,11-14,17-18H2,(H,34,41)(H,35,40)(H,38,39)/b7-6+. The van der Waals surface area contributed by atoms with Crippen LogP contribution in [0.5, 0.6) is 0 Å². The highest BCUT2D eigenvalue weighted by Gasteiger charge is 2.51. The van der Waals surface area contributed by atoms with Gasteiger partial charge in [0.1, 0.15) is 0 Å². The van der Waals surface area contributed by atoms with Crippen molar-refractivity contribution in [3.05, 3.63) is 75.1 Å². The molecule has 3 N–H and O–H groups in total. The van der Waals surface area contributed by atoms with Crippen LogP contribution in [0.4, 0.5) is 0 Å². The molecular weight excluding hydrogens is 597 g/mol. The highest BCUT2D eigenvalue weighted by Crippen LogP contribution is 2.48. The van der Waals surface area contributed by atoms with Crippen molar-refractivity contribution >= 4 is 74.4 Å². The lowest BCUT2D eigenvalue weighted by atomic mass is 9.94. The van der Waals surface area contributed by atoms with E-state index in [2.05, 4.69) is 10.6 Å². The number of benzene rings is 2. The lowest BCUT2D eigenvalue weighted by Crippen LogP contribution is -2.49. The molecule has 3 amide bonds. The number of hydrogen-bond acceptors (Lipinski definition) is 5. The van der Waals surface area contributed by atoms with E-state index in [1.165, 1.54) is 17.4 Å². The second kappa shape index (κ2) is 12.9. The molecule has 0 spiro atoms. The van der Waals surface area contributed by atoms with Crippen molar-refractivity contribution in [2.24, 2.45) is 5.92 Å². The fourth-order valence-electron chi connectivity index (χ4n) is 5.40. The molecule has 1 aliphatic carbocycles. The zero-order chi connectivity index (χ0) is 29.9. The first-order chi connectivity index (χ1) is 20.2. The van der Waals surface area contributed by atoms with E-state index in [0.717, 1.165) is 28.5 Å². The summed E-state index contributed by atoms with van der Waals surface area (Å²) in [6, 6.07) is 13.1. The number of carbonyl (C=O) groups excluding carboxylic acids is 3. The van der Waals surface area contributed by atoms with Crippen LogP contribution in [-0.2, 0) is 24.6 Å². The van der Waals surface area contributed by atoms with Gasteiger partial charge in [0.2, 0.25) is 17.7 Å². The van der Waals surface area contributed by atoms with Gasteiger partial charge in [0.05, 0.1) is 32.5 Å². The number of thiophene rings is 1. The summed E-state index contributed by atoms with van der Waals surface area (Å²) in [5.41, 5.74) is 0.984. The Kier molecular flexibility index (Phi) is 9.20. The van der Waals surface area contributed by atoms with Gasteiger partial charge in [-0.15, -0.1) is 11.3 Å². The number of rotatable bonds is 10. The van der Waals surface area contributed by atoms with Crippen molar-refractivity contribution in [1.82, 2.24) is 15.5 Å². The molecule has 1 unspecified atom stereocenters. The normalized spacial score (nSPS) is 17.2. The Morgan fingerprint density at radius 1 is 1.07 bits per heavy atom. The van der Waals surface area contributed by atoms with Crippen LogP contribution in [0.15, 0.2) is 53.9 Å². The molecule has 0 bridgehead atoms. The van der Waals surface area contributed by atoms with E-state index in [4.69, 9.17) is 23.2 Å². The van der Waals surface area contributed by atoms with Gasteiger partial charge in [0.15, 0.2) is 0 Å². The van der Waals surface area contributed by atoms with Crippen molar-refractivity contribution in [2.45, 2.75) is 43.6 Å². The molecule has 3 aromatic rings. The van der Waals surface area contributed by atoms with Gasteiger partial charge >= 0.3 is 5.97 Å². The van der Waals surface area contributed by atoms with Gasteiger partial charge < -0.3 is 20.6 Å². The fraction of sp³-hybridized carbons (Fsp3) is 0.355. The molecule has 1 aliphatic heterocycles. The average molecular weight is 629 g/mol. The molecule has 8 nitrogen and oxygen atoms in total. The number of amides is 3.